The van der Waals surface area contributed by atoms with Crippen LogP contribution in [-0.2, 0) is 11.0 Å². The Kier molecular flexibility index (Phi) is 7.30. The molecule has 0 aliphatic rings. The van der Waals surface area contributed by atoms with Gasteiger partial charge in [-0.25, -0.2) is 0 Å². The minimum Gasteiger partial charge on any atom is -0.496 e. The van der Waals surface area contributed by atoms with Gasteiger partial charge in [-0.2, -0.15) is 0 Å². The molecule has 0 saturated heterocycles. The van der Waals surface area contributed by atoms with Gasteiger partial charge < -0.3 is 14.6 Å². The quantitative estimate of drug-likeness (QED) is 0.386. The molecule has 3 aromatic rings. The van der Waals surface area contributed by atoms with Crippen LogP contribution in [-0.4, -0.2) is 18.8 Å². The lowest BCUT2D eigenvalue weighted by Crippen LogP contribution is -2.23. The number of para-hydroxylation sites is 2. The predicted octanol–water partition coefficient (Wildman–Crippen LogP) is 7.09. The van der Waals surface area contributed by atoms with Crippen molar-refractivity contribution in [3.63, 3.8) is 0 Å². The zero-order chi connectivity index (χ0) is 23.4. The first-order chi connectivity index (χ1) is 15.2. The van der Waals surface area contributed by atoms with E-state index in [0.29, 0.717) is 12.4 Å². The Morgan fingerprint density at radius 3 is 2.22 bits per heavy atom. The van der Waals surface area contributed by atoms with Crippen LogP contribution in [0.25, 0.3) is 11.1 Å². The molecular formula is C29H36O3. The van der Waals surface area contributed by atoms with Crippen LogP contribution in [0.1, 0.15) is 64.2 Å². The molecule has 32 heavy (non-hydrogen) atoms. The maximum Gasteiger partial charge on any atom is 0.130 e. The first-order valence-electron chi connectivity index (χ1n) is 11.4. The van der Waals surface area contributed by atoms with E-state index in [2.05, 4.69) is 58.0 Å². The second kappa shape index (κ2) is 9.79. The highest BCUT2D eigenvalue weighted by Gasteiger charge is 2.29. The molecule has 0 aliphatic carbocycles. The molecule has 0 saturated carbocycles. The zero-order valence-electron chi connectivity index (χ0n) is 20.2. The lowest BCUT2D eigenvalue weighted by molar-refractivity contribution is 0.0990. The molecule has 0 aliphatic heterocycles. The normalized spacial score (nSPS) is 13.5. The Bertz CT molecular complexity index is 1040. The molecule has 0 spiro atoms. The maximum absolute atomic E-state index is 11.6. The molecule has 0 aromatic heterocycles. The van der Waals surface area contributed by atoms with Crippen molar-refractivity contribution in [1.82, 2.24) is 0 Å². The Labute approximate surface area is 193 Å². The van der Waals surface area contributed by atoms with Gasteiger partial charge in [0.05, 0.1) is 13.7 Å². The summed E-state index contributed by atoms with van der Waals surface area (Å²) in [4.78, 5) is 0. The standard InChI is InChI=1S/C29H36O3/c1-7-8-19-32-27-23(15-12-17-25(27)28(2,3)4)21-13-11-14-22(20-21)29(5,30)24-16-9-10-18-26(24)31-6/h9-18,20,30H,7-8,19H2,1-6H3. The number of unbranched alkanes of at least 4 members (excludes halogenated alkanes) is 1. The Morgan fingerprint density at radius 2 is 1.53 bits per heavy atom. The summed E-state index contributed by atoms with van der Waals surface area (Å²) in [5.41, 5.74) is 3.56. The molecule has 0 fully saturated rings. The number of rotatable bonds is 8. The largest absolute Gasteiger partial charge is 0.496 e. The summed E-state index contributed by atoms with van der Waals surface area (Å²) >= 11 is 0. The molecule has 0 radical (unpaired) electrons. The number of hydrogen-bond acceptors (Lipinski definition) is 3. The molecule has 1 unspecified atom stereocenters. The summed E-state index contributed by atoms with van der Waals surface area (Å²) in [6, 6.07) is 22.0. The third-order valence-corrected chi connectivity index (χ3v) is 5.93. The van der Waals surface area contributed by atoms with Gasteiger partial charge in [-0.3, -0.25) is 0 Å². The maximum atomic E-state index is 11.6. The third kappa shape index (κ3) is 4.99. The van der Waals surface area contributed by atoms with Gasteiger partial charge >= 0.3 is 0 Å². The zero-order valence-corrected chi connectivity index (χ0v) is 20.2. The lowest BCUT2D eigenvalue weighted by atomic mass is 9.83. The smallest absolute Gasteiger partial charge is 0.130 e. The third-order valence-electron chi connectivity index (χ3n) is 5.93. The summed E-state index contributed by atoms with van der Waals surface area (Å²) < 4.78 is 11.9. The number of methoxy groups -OCH3 is 1. The fraction of sp³-hybridized carbons (Fsp3) is 0.379. The molecular weight excluding hydrogens is 396 g/mol. The lowest BCUT2D eigenvalue weighted by Gasteiger charge is -2.28. The van der Waals surface area contributed by atoms with E-state index in [1.807, 2.05) is 43.3 Å². The number of hydrogen-bond donors (Lipinski definition) is 1. The minimum absolute atomic E-state index is 0.0436. The van der Waals surface area contributed by atoms with Crippen LogP contribution in [0.4, 0.5) is 0 Å². The van der Waals surface area contributed by atoms with Crippen molar-refractivity contribution in [3.05, 3.63) is 83.4 Å². The highest BCUT2D eigenvalue weighted by Crippen LogP contribution is 2.41. The van der Waals surface area contributed by atoms with Crippen LogP contribution in [0.15, 0.2) is 66.7 Å². The average Bonchev–Trinajstić information content (AvgIpc) is 2.78. The van der Waals surface area contributed by atoms with Crippen molar-refractivity contribution < 1.29 is 14.6 Å². The summed E-state index contributed by atoms with van der Waals surface area (Å²) in [6.07, 6.45) is 2.10. The molecule has 3 aromatic carbocycles. The van der Waals surface area contributed by atoms with Gasteiger partial charge in [-0.1, -0.05) is 88.7 Å². The van der Waals surface area contributed by atoms with Crippen molar-refractivity contribution in [1.29, 1.82) is 0 Å². The molecule has 0 bridgehead atoms. The highest BCUT2D eigenvalue weighted by atomic mass is 16.5. The van der Waals surface area contributed by atoms with Gasteiger partial charge in [-0.15, -0.1) is 0 Å². The van der Waals surface area contributed by atoms with Crippen molar-refractivity contribution in [2.45, 2.75) is 58.5 Å². The van der Waals surface area contributed by atoms with Crippen molar-refractivity contribution >= 4 is 0 Å². The van der Waals surface area contributed by atoms with E-state index in [1.165, 1.54) is 5.56 Å². The van der Waals surface area contributed by atoms with E-state index in [-0.39, 0.29) is 5.41 Å². The van der Waals surface area contributed by atoms with Crippen LogP contribution in [0.5, 0.6) is 11.5 Å². The Hall–Kier alpha value is -2.78. The molecule has 1 atom stereocenters. The fourth-order valence-corrected chi connectivity index (χ4v) is 4.02. The van der Waals surface area contributed by atoms with Crippen LogP contribution in [0.3, 0.4) is 0 Å². The number of aliphatic hydroxyl groups is 1. The van der Waals surface area contributed by atoms with Crippen LogP contribution in [0, 0.1) is 0 Å². The summed E-state index contributed by atoms with van der Waals surface area (Å²) in [5.74, 6) is 1.60. The van der Waals surface area contributed by atoms with Gasteiger partial charge in [0.25, 0.3) is 0 Å². The molecule has 0 heterocycles. The second-order valence-electron chi connectivity index (χ2n) is 9.49. The molecule has 3 rings (SSSR count). The molecule has 0 amide bonds. The predicted molar refractivity (Wildman–Crippen MR) is 133 cm³/mol. The fourth-order valence-electron chi connectivity index (χ4n) is 4.02. The van der Waals surface area contributed by atoms with Crippen LogP contribution >= 0.6 is 0 Å². The van der Waals surface area contributed by atoms with E-state index in [0.717, 1.165) is 40.8 Å². The Morgan fingerprint density at radius 1 is 0.844 bits per heavy atom. The molecule has 3 heteroatoms. The monoisotopic (exact) mass is 432 g/mol. The first-order valence-corrected chi connectivity index (χ1v) is 11.4. The number of ether oxygens (including phenoxy) is 2. The van der Waals surface area contributed by atoms with Gasteiger partial charge in [0.2, 0.25) is 0 Å². The average molecular weight is 433 g/mol. The van der Waals surface area contributed by atoms with Gasteiger partial charge in [-0.05, 0) is 42.0 Å². The molecule has 1 N–H and O–H groups in total. The van der Waals surface area contributed by atoms with Crippen molar-refractivity contribution in [3.8, 4) is 22.6 Å². The van der Waals surface area contributed by atoms with Crippen LogP contribution in [0.2, 0.25) is 0 Å². The highest BCUT2D eigenvalue weighted by molar-refractivity contribution is 5.74. The van der Waals surface area contributed by atoms with E-state index in [4.69, 9.17) is 9.47 Å². The Balaban J connectivity index is 2.11. The van der Waals surface area contributed by atoms with Gasteiger partial charge in [0, 0.05) is 16.7 Å². The van der Waals surface area contributed by atoms with Crippen LogP contribution < -0.4 is 9.47 Å². The topological polar surface area (TPSA) is 38.7 Å². The van der Waals surface area contributed by atoms with Gasteiger partial charge in [0.15, 0.2) is 0 Å². The van der Waals surface area contributed by atoms with E-state index in [9.17, 15) is 5.11 Å². The SMILES string of the molecule is CCCCOc1c(-c2cccc(C(C)(O)c3ccccc3OC)c2)cccc1C(C)(C)C. The van der Waals surface area contributed by atoms with E-state index < -0.39 is 5.60 Å². The molecule has 170 valence electrons. The van der Waals surface area contributed by atoms with Crippen molar-refractivity contribution in [2.24, 2.45) is 0 Å². The minimum atomic E-state index is -1.20. The second-order valence-corrected chi connectivity index (χ2v) is 9.49. The van der Waals surface area contributed by atoms with Gasteiger partial charge in [0.1, 0.15) is 17.1 Å². The summed E-state index contributed by atoms with van der Waals surface area (Å²) in [6.45, 7) is 11.3. The molecule has 3 nitrogen and oxygen atoms in total. The summed E-state index contributed by atoms with van der Waals surface area (Å²) in [7, 11) is 1.63. The van der Waals surface area contributed by atoms with Crippen molar-refractivity contribution in [2.75, 3.05) is 13.7 Å². The summed E-state index contributed by atoms with van der Waals surface area (Å²) in [5, 5.41) is 11.6. The van der Waals surface area contributed by atoms with E-state index >= 15 is 0 Å². The first kappa shape index (κ1) is 23.9. The number of benzene rings is 3. The van der Waals surface area contributed by atoms with E-state index in [1.54, 1.807) is 7.11 Å².